The molecule has 0 bridgehead atoms. The van der Waals surface area contributed by atoms with Gasteiger partial charge in [0.2, 0.25) is 0 Å². The minimum absolute atomic E-state index is 0.0282. The van der Waals surface area contributed by atoms with E-state index in [1.54, 1.807) is 28.6 Å². The minimum atomic E-state index is -3.46. The van der Waals surface area contributed by atoms with Crippen LogP contribution in [0.4, 0.5) is 5.00 Å². The maximum atomic E-state index is 12.7. The Balaban J connectivity index is 1.71. The van der Waals surface area contributed by atoms with Gasteiger partial charge in [0.15, 0.2) is 0 Å². The zero-order chi connectivity index (χ0) is 19.7. The first kappa shape index (κ1) is 20.0. The Morgan fingerprint density at radius 2 is 1.63 bits per heavy atom. The molecule has 3 rings (SSSR count). The molecule has 1 aliphatic rings. The van der Waals surface area contributed by atoms with Crippen molar-refractivity contribution in [2.45, 2.75) is 49.7 Å². The lowest BCUT2D eigenvalue weighted by Gasteiger charge is -2.25. The van der Waals surface area contributed by atoms with Gasteiger partial charge in [0.25, 0.3) is 15.9 Å². The number of thiophene rings is 1. The van der Waals surface area contributed by atoms with Crippen LogP contribution in [0.3, 0.4) is 0 Å². The highest BCUT2D eigenvalue weighted by molar-refractivity contribution is 7.91. The van der Waals surface area contributed by atoms with Crippen LogP contribution in [0.1, 0.15) is 56.0 Å². The van der Waals surface area contributed by atoms with Gasteiger partial charge in [-0.2, -0.15) is 4.31 Å². The smallest absolute Gasteiger partial charge is 0.256 e. The Bertz CT molecular complexity index is 903. The highest BCUT2D eigenvalue weighted by Crippen LogP contribution is 2.30. The van der Waals surface area contributed by atoms with Crippen LogP contribution in [0, 0.1) is 0 Å². The second-order valence-corrected chi connectivity index (χ2v) is 11.1. The summed E-state index contributed by atoms with van der Waals surface area (Å²) in [5.41, 5.74) is 1.74. The summed E-state index contributed by atoms with van der Waals surface area (Å²) in [7, 11) is -3.46. The summed E-state index contributed by atoms with van der Waals surface area (Å²) < 4.78 is 27.2. The molecule has 1 N–H and O–H groups in total. The molecule has 0 unspecified atom stereocenters. The first-order valence-corrected chi connectivity index (χ1v) is 11.5. The summed E-state index contributed by atoms with van der Waals surface area (Å²) in [5, 5.41) is 3.35. The van der Waals surface area contributed by atoms with Crippen LogP contribution in [0.2, 0.25) is 0 Å². The van der Waals surface area contributed by atoms with E-state index < -0.39 is 10.0 Å². The van der Waals surface area contributed by atoms with Gasteiger partial charge in [-0.1, -0.05) is 39.3 Å². The predicted molar refractivity (Wildman–Crippen MR) is 110 cm³/mol. The van der Waals surface area contributed by atoms with E-state index in [9.17, 15) is 13.2 Å². The summed E-state index contributed by atoms with van der Waals surface area (Å²) in [6.45, 7) is 7.51. The van der Waals surface area contributed by atoms with Crippen molar-refractivity contribution < 1.29 is 13.2 Å². The van der Waals surface area contributed by atoms with E-state index in [2.05, 4.69) is 26.1 Å². The molecule has 0 spiro atoms. The third-order valence-corrected chi connectivity index (χ3v) is 8.11. The summed E-state index contributed by atoms with van der Waals surface area (Å²) in [6, 6.07) is 10.7. The number of sulfonamides is 1. The van der Waals surface area contributed by atoms with E-state index in [0.29, 0.717) is 23.7 Å². The largest absolute Gasteiger partial charge is 0.314 e. The van der Waals surface area contributed by atoms with Crippen LogP contribution in [0.15, 0.2) is 40.6 Å². The third kappa shape index (κ3) is 4.59. The van der Waals surface area contributed by atoms with Gasteiger partial charge in [-0.25, -0.2) is 8.42 Å². The van der Waals surface area contributed by atoms with E-state index in [1.165, 1.54) is 0 Å². The summed E-state index contributed by atoms with van der Waals surface area (Å²) in [5.74, 6) is -0.237. The SMILES string of the molecule is CC(C)(C)c1ccc(C(=O)Nc2ccc(S(=O)(=O)N3CCCCC3)s2)cc1. The Kier molecular flexibility index (Phi) is 5.74. The van der Waals surface area contributed by atoms with E-state index >= 15 is 0 Å². The zero-order valence-electron chi connectivity index (χ0n) is 16.0. The number of hydrogen-bond acceptors (Lipinski definition) is 4. The number of rotatable bonds is 4. The maximum absolute atomic E-state index is 12.7. The number of piperidine rings is 1. The number of nitrogens with zero attached hydrogens (tertiary/aromatic N) is 1. The van der Waals surface area contributed by atoms with Gasteiger partial charge in [-0.3, -0.25) is 4.79 Å². The lowest BCUT2D eigenvalue weighted by molar-refractivity contribution is 0.102. The van der Waals surface area contributed by atoms with E-state index in [0.717, 1.165) is 36.2 Å². The number of carbonyl (C=O) groups excluding carboxylic acids is 1. The van der Waals surface area contributed by atoms with E-state index in [1.807, 2.05) is 12.1 Å². The van der Waals surface area contributed by atoms with Crippen LogP contribution in [-0.4, -0.2) is 31.7 Å². The summed E-state index contributed by atoms with van der Waals surface area (Å²) in [4.78, 5) is 12.5. The number of carbonyl (C=O) groups is 1. The molecule has 0 saturated carbocycles. The van der Waals surface area contributed by atoms with Crippen LogP contribution in [0.5, 0.6) is 0 Å². The molecule has 27 heavy (non-hydrogen) atoms. The fourth-order valence-corrected chi connectivity index (χ4v) is 5.94. The molecule has 5 nitrogen and oxygen atoms in total. The molecular formula is C20H26N2O3S2. The van der Waals surface area contributed by atoms with Crippen molar-refractivity contribution in [1.82, 2.24) is 4.31 Å². The van der Waals surface area contributed by atoms with Crippen molar-refractivity contribution in [1.29, 1.82) is 0 Å². The number of benzene rings is 1. The molecule has 1 amide bonds. The van der Waals surface area contributed by atoms with Crippen LogP contribution in [0.25, 0.3) is 0 Å². The Morgan fingerprint density at radius 1 is 1.00 bits per heavy atom. The molecule has 1 aromatic carbocycles. The molecule has 0 atom stereocenters. The monoisotopic (exact) mass is 406 g/mol. The molecule has 2 heterocycles. The van der Waals surface area contributed by atoms with Gasteiger partial charge in [0.05, 0.1) is 5.00 Å². The Labute approximate surface area is 165 Å². The number of anilines is 1. The molecule has 1 aromatic heterocycles. The fourth-order valence-electron chi connectivity index (χ4n) is 3.06. The van der Waals surface area contributed by atoms with Crippen molar-refractivity contribution >= 4 is 32.3 Å². The number of hydrogen-bond donors (Lipinski definition) is 1. The molecule has 1 fully saturated rings. The lowest BCUT2D eigenvalue weighted by Crippen LogP contribution is -2.35. The van der Waals surface area contributed by atoms with Gasteiger partial charge in [0.1, 0.15) is 4.21 Å². The van der Waals surface area contributed by atoms with Crippen molar-refractivity contribution in [2.75, 3.05) is 18.4 Å². The zero-order valence-corrected chi connectivity index (χ0v) is 17.6. The molecule has 1 aliphatic heterocycles. The van der Waals surface area contributed by atoms with Crippen LogP contribution in [-0.2, 0) is 15.4 Å². The van der Waals surface area contributed by atoms with Crippen LogP contribution < -0.4 is 5.32 Å². The van der Waals surface area contributed by atoms with Gasteiger partial charge in [0, 0.05) is 18.7 Å². The second kappa shape index (κ2) is 7.73. The topological polar surface area (TPSA) is 66.5 Å². The first-order valence-electron chi connectivity index (χ1n) is 9.20. The van der Waals surface area contributed by atoms with Gasteiger partial charge in [-0.05, 0) is 48.1 Å². The maximum Gasteiger partial charge on any atom is 0.256 e. The second-order valence-electron chi connectivity index (χ2n) is 7.86. The molecule has 1 saturated heterocycles. The highest BCUT2D eigenvalue weighted by Gasteiger charge is 2.27. The van der Waals surface area contributed by atoms with Crippen molar-refractivity contribution in [3.05, 3.63) is 47.5 Å². The summed E-state index contributed by atoms with van der Waals surface area (Å²) >= 11 is 1.10. The van der Waals surface area contributed by atoms with E-state index in [-0.39, 0.29) is 15.5 Å². The van der Waals surface area contributed by atoms with Crippen LogP contribution >= 0.6 is 11.3 Å². The van der Waals surface area contributed by atoms with Gasteiger partial charge >= 0.3 is 0 Å². The average molecular weight is 407 g/mol. The summed E-state index contributed by atoms with van der Waals surface area (Å²) in [6.07, 6.45) is 2.88. The molecule has 0 radical (unpaired) electrons. The Hall–Kier alpha value is -1.70. The Morgan fingerprint density at radius 3 is 2.22 bits per heavy atom. The highest BCUT2D eigenvalue weighted by atomic mass is 32.2. The van der Waals surface area contributed by atoms with Crippen molar-refractivity contribution in [3.63, 3.8) is 0 Å². The molecule has 2 aromatic rings. The van der Waals surface area contributed by atoms with Crippen molar-refractivity contribution in [2.24, 2.45) is 0 Å². The third-order valence-electron chi connectivity index (χ3n) is 4.74. The molecule has 146 valence electrons. The normalized spacial score (nSPS) is 16.3. The lowest BCUT2D eigenvalue weighted by atomic mass is 9.87. The van der Waals surface area contributed by atoms with Crippen molar-refractivity contribution in [3.8, 4) is 0 Å². The quantitative estimate of drug-likeness (QED) is 0.814. The van der Waals surface area contributed by atoms with Gasteiger partial charge in [-0.15, -0.1) is 11.3 Å². The standard InChI is InChI=1S/C20H26N2O3S2/c1-20(2,3)16-9-7-15(8-10-16)19(23)21-17-11-12-18(26-17)27(24,25)22-13-5-4-6-14-22/h7-12H,4-6,13-14H2,1-3H3,(H,21,23). The first-order chi connectivity index (χ1) is 12.7. The predicted octanol–water partition coefficient (Wildman–Crippen LogP) is 4.47. The van der Waals surface area contributed by atoms with Gasteiger partial charge < -0.3 is 5.32 Å². The number of nitrogens with one attached hydrogen (secondary N) is 1. The molecule has 0 aliphatic carbocycles. The minimum Gasteiger partial charge on any atom is -0.314 e. The van der Waals surface area contributed by atoms with E-state index in [4.69, 9.17) is 0 Å². The number of amides is 1. The molecular weight excluding hydrogens is 380 g/mol. The molecule has 7 heteroatoms. The fraction of sp³-hybridized carbons (Fsp3) is 0.450. The average Bonchev–Trinajstić information content (AvgIpc) is 3.11.